The predicted molar refractivity (Wildman–Crippen MR) is 217 cm³/mol. The van der Waals surface area contributed by atoms with Crippen molar-refractivity contribution in [3.05, 3.63) is 72.9 Å². The van der Waals surface area contributed by atoms with Gasteiger partial charge in [0.25, 0.3) is 0 Å². The molecule has 0 bridgehead atoms. The van der Waals surface area contributed by atoms with Gasteiger partial charge in [-0.15, -0.1) is 0 Å². The highest BCUT2D eigenvalue weighted by Gasteiger charge is 2.28. The number of carbonyl (C=O) groups is 3. The molecular formula is C42H70NO10P. The average molecular weight is 780 g/mol. The lowest BCUT2D eigenvalue weighted by Crippen LogP contribution is -2.34. The van der Waals surface area contributed by atoms with Crippen LogP contribution in [0.15, 0.2) is 72.9 Å². The topological polar surface area (TPSA) is 172 Å². The number of phosphoric ester groups is 1. The lowest BCUT2D eigenvalue weighted by Gasteiger charge is -2.20. The fourth-order valence-corrected chi connectivity index (χ4v) is 5.59. The summed E-state index contributed by atoms with van der Waals surface area (Å²) in [7, 11) is -4.73. The molecule has 0 fully saturated rings. The van der Waals surface area contributed by atoms with Crippen molar-refractivity contribution in [2.75, 3.05) is 19.8 Å². The number of unbranched alkanes of at least 4 members (excludes halogenated alkanes) is 11. The summed E-state index contributed by atoms with van der Waals surface area (Å²) in [5.41, 5.74) is 5.32. The molecule has 0 heterocycles. The van der Waals surface area contributed by atoms with Crippen LogP contribution >= 0.6 is 7.82 Å². The van der Waals surface area contributed by atoms with Gasteiger partial charge >= 0.3 is 25.7 Å². The zero-order valence-corrected chi connectivity index (χ0v) is 33.9. The summed E-state index contributed by atoms with van der Waals surface area (Å²) >= 11 is 0. The molecule has 1 unspecified atom stereocenters. The summed E-state index contributed by atoms with van der Waals surface area (Å²) in [6.07, 6.45) is 42.6. The van der Waals surface area contributed by atoms with Crippen LogP contribution in [0.4, 0.5) is 0 Å². The van der Waals surface area contributed by atoms with Crippen molar-refractivity contribution in [3.63, 3.8) is 0 Å². The van der Waals surface area contributed by atoms with Crippen LogP contribution in [0.3, 0.4) is 0 Å². The number of aliphatic carboxylic acids is 1. The van der Waals surface area contributed by atoms with Crippen molar-refractivity contribution in [1.29, 1.82) is 0 Å². The van der Waals surface area contributed by atoms with E-state index in [1.807, 2.05) is 0 Å². The third kappa shape index (κ3) is 35.9. The fourth-order valence-electron chi connectivity index (χ4n) is 4.81. The fraction of sp³-hybridized carbons (Fsp3) is 0.643. The molecule has 0 aliphatic heterocycles. The van der Waals surface area contributed by atoms with Crippen molar-refractivity contribution in [2.24, 2.45) is 5.73 Å². The Kier molecular flexibility index (Phi) is 34.8. The molecule has 12 heteroatoms. The first kappa shape index (κ1) is 50.9. The summed E-state index contributed by atoms with van der Waals surface area (Å²) in [6.45, 7) is 2.58. The Morgan fingerprint density at radius 2 is 1.09 bits per heavy atom. The molecule has 0 aliphatic carbocycles. The quantitative estimate of drug-likeness (QED) is 0.0182. The number of allylic oxidation sites excluding steroid dienone is 12. The smallest absolute Gasteiger partial charge is 0.472 e. The van der Waals surface area contributed by atoms with E-state index in [2.05, 4.69) is 91.3 Å². The molecule has 3 atom stereocenters. The molecule has 0 aromatic rings. The normalized spacial score (nSPS) is 14.6. The second-order valence-corrected chi connectivity index (χ2v) is 14.5. The molecule has 0 amide bonds. The molecule has 308 valence electrons. The largest absolute Gasteiger partial charge is 0.480 e. The van der Waals surface area contributed by atoms with E-state index in [0.717, 1.165) is 77.0 Å². The molecule has 54 heavy (non-hydrogen) atoms. The van der Waals surface area contributed by atoms with Crippen molar-refractivity contribution in [2.45, 2.75) is 154 Å². The molecule has 0 saturated carbocycles. The Morgan fingerprint density at radius 3 is 1.70 bits per heavy atom. The monoisotopic (exact) mass is 779 g/mol. The first-order chi connectivity index (χ1) is 26.1. The van der Waals surface area contributed by atoms with Crippen molar-refractivity contribution in [1.82, 2.24) is 0 Å². The molecule has 0 aromatic carbocycles. The lowest BCUT2D eigenvalue weighted by atomic mass is 10.1. The number of carbonyl (C=O) groups excluding carboxylic acids is 2. The van der Waals surface area contributed by atoms with Crippen LogP contribution in [-0.2, 0) is 37.5 Å². The van der Waals surface area contributed by atoms with Crippen LogP contribution in [0.2, 0.25) is 0 Å². The van der Waals surface area contributed by atoms with Crippen LogP contribution in [0, 0.1) is 0 Å². The molecular weight excluding hydrogens is 709 g/mol. The Labute approximate surface area is 325 Å². The van der Waals surface area contributed by atoms with E-state index in [-0.39, 0.29) is 19.4 Å². The zero-order chi connectivity index (χ0) is 40.0. The van der Waals surface area contributed by atoms with E-state index in [9.17, 15) is 23.8 Å². The molecule has 0 radical (unpaired) electrons. The first-order valence-electron chi connectivity index (χ1n) is 20.0. The summed E-state index contributed by atoms with van der Waals surface area (Å²) in [5, 5.41) is 8.87. The summed E-state index contributed by atoms with van der Waals surface area (Å²) in [5.74, 6) is -2.46. The van der Waals surface area contributed by atoms with Gasteiger partial charge in [-0.3, -0.25) is 23.4 Å². The van der Waals surface area contributed by atoms with Gasteiger partial charge in [0, 0.05) is 12.8 Å². The van der Waals surface area contributed by atoms with Gasteiger partial charge in [0.05, 0.1) is 13.2 Å². The molecule has 0 aromatic heterocycles. The molecule has 0 spiro atoms. The zero-order valence-electron chi connectivity index (χ0n) is 33.0. The maximum atomic E-state index is 12.6. The van der Waals surface area contributed by atoms with E-state index in [1.165, 1.54) is 25.7 Å². The highest BCUT2D eigenvalue weighted by atomic mass is 31.2. The van der Waals surface area contributed by atoms with Crippen LogP contribution in [0.25, 0.3) is 0 Å². The minimum absolute atomic E-state index is 0.102. The van der Waals surface area contributed by atoms with E-state index < -0.39 is 51.1 Å². The number of phosphoric acid groups is 1. The Morgan fingerprint density at radius 1 is 0.611 bits per heavy atom. The molecule has 11 nitrogen and oxygen atoms in total. The number of nitrogens with two attached hydrogens (primary N) is 1. The number of rotatable bonds is 36. The number of hydrogen-bond acceptors (Lipinski definition) is 9. The third-order valence-electron chi connectivity index (χ3n) is 7.97. The van der Waals surface area contributed by atoms with Gasteiger partial charge in [-0.25, -0.2) is 4.57 Å². The number of esters is 2. The minimum Gasteiger partial charge on any atom is -0.480 e. The van der Waals surface area contributed by atoms with Crippen LogP contribution < -0.4 is 5.73 Å². The molecule has 4 N–H and O–H groups in total. The maximum Gasteiger partial charge on any atom is 0.472 e. The number of carboxylic acids is 1. The van der Waals surface area contributed by atoms with Crippen LogP contribution in [0.5, 0.6) is 0 Å². The van der Waals surface area contributed by atoms with Crippen molar-refractivity contribution < 1.29 is 47.5 Å². The molecule has 0 rings (SSSR count). The highest BCUT2D eigenvalue weighted by molar-refractivity contribution is 7.47. The van der Waals surface area contributed by atoms with Gasteiger partial charge in [-0.1, -0.05) is 125 Å². The van der Waals surface area contributed by atoms with Crippen LogP contribution in [0.1, 0.15) is 142 Å². The summed E-state index contributed by atoms with van der Waals surface area (Å²) in [4.78, 5) is 45.8. The standard InChI is InChI=1S/C42H70NO10P/c1-3-5-7-9-11-13-15-17-19-21-23-25-27-29-31-33-40(44)50-35-38(36-51-54(48,49)52-37-39(43)42(46)47)53-41(45)34-32-30-28-26-24-22-20-18-16-14-12-10-8-6-4-2/h6,8,12-15,17-20,24,26,38-39H,3-5,7,9-11,16,21-23,25,27-37,43H2,1-2H3,(H,46,47)(H,48,49)/b8-6+,14-12+,15-13+,19-17+,20-18+,26-24+/t38-,39+/m1/s1. The average Bonchev–Trinajstić information content (AvgIpc) is 3.14. The molecule has 0 saturated heterocycles. The number of ether oxygens (including phenoxy) is 2. The van der Waals surface area contributed by atoms with E-state index in [0.29, 0.717) is 12.8 Å². The minimum atomic E-state index is -4.73. The van der Waals surface area contributed by atoms with Crippen molar-refractivity contribution in [3.8, 4) is 0 Å². The van der Waals surface area contributed by atoms with E-state index in [4.69, 9.17) is 24.8 Å². The Hall–Kier alpha value is -3.08. The van der Waals surface area contributed by atoms with Gasteiger partial charge in [-0.05, 0) is 77.0 Å². The number of hydrogen-bond donors (Lipinski definition) is 3. The number of carboxylic acid groups (broad SMARTS) is 1. The van der Waals surface area contributed by atoms with Gasteiger partial charge in [-0.2, -0.15) is 0 Å². The summed E-state index contributed by atoms with van der Waals surface area (Å²) in [6, 6.07) is -1.53. The SMILES string of the molecule is CC/C=C/C/C=C/C/C=C/C/C=C/CCCCC(=O)O[C@H](COC(=O)CCCCCCC/C=C/C=C/CCCCCC)COP(=O)(O)OC[C@H](N)C(=O)O. The van der Waals surface area contributed by atoms with Gasteiger partial charge in [0.2, 0.25) is 0 Å². The van der Waals surface area contributed by atoms with Gasteiger partial charge in [0.1, 0.15) is 12.6 Å². The van der Waals surface area contributed by atoms with Crippen molar-refractivity contribution >= 4 is 25.7 Å². The Balaban J connectivity index is 4.54. The van der Waals surface area contributed by atoms with Crippen LogP contribution in [-0.4, -0.2) is 59.9 Å². The summed E-state index contributed by atoms with van der Waals surface area (Å²) < 4.78 is 32.5. The Bertz CT molecular complexity index is 1190. The molecule has 0 aliphatic rings. The first-order valence-corrected chi connectivity index (χ1v) is 21.5. The van der Waals surface area contributed by atoms with E-state index >= 15 is 0 Å². The third-order valence-corrected chi connectivity index (χ3v) is 8.92. The second-order valence-electron chi connectivity index (χ2n) is 13.1. The van der Waals surface area contributed by atoms with Gasteiger partial charge < -0.3 is 25.2 Å². The maximum absolute atomic E-state index is 12.6. The highest BCUT2D eigenvalue weighted by Crippen LogP contribution is 2.43. The lowest BCUT2D eigenvalue weighted by molar-refractivity contribution is -0.161. The predicted octanol–water partition coefficient (Wildman–Crippen LogP) is 10.2. The second kappa shape index (κ2) is 36.9. The van der Waals surface area contributed by atoms with Gasteiger partial charge in [0.15, 0.2) is 6.10 Å². The van der Waals surface area contributed by atoms with E-state index in [1.54, 1.807) is 0 Å².